The Hall–Kier alpha value is -0.860. The molecule has 3 nitrogen and oxygen atoms in total. The fourth-order valence-corrected chi connectivity index (χ4v) is 0.578. The molecule has 0 spiro atoms. The predicted molar refractivity (Wildman–Crippen MR) is 33.0 cm³/mol. The molecule has 0 saturated heterocycles. The minimum absolute atomic E-state index is 0.420. The number of hydrogen-bond donors (Lipinski definition) is 0. The van der Waals surface area contributed by atoms with E-state index < -0.39 is 0 Å². The molecule has 0 bridgehead atoms. The Kier molecular flexibility index (Phi) is 1.82. The summed E-state index contributed by atoms with van der Waals surface area (Å²) in [6.07, 6.45) is 2.42. The Balaban J connectivity index is 2.65. The normalized spacial score (nSPS) is 13.6. The number of aromatic nitrogens is 2. The van der Waals surface area contributed by atoms with Gasteiger partial charge in [0.15, 0.2) is 5.82 Å². The van der Waals surface area contributed by atoms with Gasteiger partial charge in [-0.25, -0.2) is 0 Å². The van der Waals surface area contributed by atoms with Crippen molar-refractivity contribution in [1.29, 1.82) is 0 Å². The summed E-state index contributed by atoms with van der Waals surface area (Å²) in [6, 6.07) is 0. The lowest BCUT2D eigenvalue weighted by Crippen LogP contribution is -1.92. The zero-order chi connectivity index (χ0) is 6.69. The predicted octanol–water partition coefficient (Wildman–Crippen LogP) is 1.58. The van der Waals surface area contributed by atoms with E-state index in [0.717, 1.165) is 12.2 Å². The van der Waals surface area contributed by atoms with Gasteiger partial charge in [-0.2, -0.15) is 4.98 Å². The van der Waals surface area contributed by atoms with Gasteiger partial charge in [0.05, 0.1) is 0 Å². The summed E-state index contributed by atoms with van der Waals surface area (Å²) in [7, 11) is 0. The molecule has 0 aliphatic carbocycles. The van der Waals surface area contributed by atoms with Gasteiger partial charge in [-0.05, 0) is 6.42 Å². The van der Waals surface area contributed by atoms with Crippen molar-refractivity contribution in [1.82, 2.24) is 10.1 Å². The molecule has 1 heterocycles. The van der Waals surface area contributed by atoms with Crippen LogP contribution in [0.5, 0.6) is 0 Å². The van der Waals surface area contributed by atoms with Crippen LogP contribution in [0.25, 0.3) is 0 Å². The van der Waals surface area contributed by atoms with Crippen LogP contribution in [-0.2, 0) is 0 Å². The van der Waals surface area contributed by atoms with Crippen LogP contribution < -0.4 is 0 Å². The Bertz CT molecular complexity index is 160. The molecule has 9 heavy (non-hydrogen) atoms. The third kappa shape index (κ3) is 1.28. The maximum atomic E-state index is 4.58. The van der Waals surface area contributed by atoms with Crippen molar-refractivity contribution in [2.24, 2.45) is 0 Å². The molecule has 3 heteroatoms. The third-order valence-corrected chi connectivity index (χ3v) is 1.43. The van der Waals surface area contributed by atoms with Gasteiger partial charge in [-0.15, -0.1) is 0 Å². The topological polar surface area (TPSA) is 38.9 Å². The van der Waals surface area contributed by atoms with Gasteiger partial charge >= 0.3 is 0 Å². The molecule has 0 radical (unpaired) electrons. The van der Waals surface area contributed by atoms with Crippen LogP contribution in [-0.4, -0.2) is 10.1 Å². The zero-order valence-corrected chi connectivity index (χ0v) is 5.66. The van der Waals surface area contributed by atoms with Crippen LogP contribution in [0.3, 0.4) is 0 Å². The minimum Gasteiger partial charge on any atom is -0.343 e. The summed E-state index contributed by atoms with van der Waals surface area (Å²) in [5.41, 5.74) is 0. The van der Waals surface area contributed by atoms with Crippen molar-refractivity contribution < 1.29 is 4.52 Å². The van der Waals surface area contributed by atoms with E-state index in [1.54, 1.807) is 0 Å². The van der Waals surface area contributed by atoms with E-state index in [1.165, 1.54) is 6.39 Å². The molecule has 0 saturated carbocycles. The molecule has 0 unspecified atom stereocenters. The number of hydrogen-bond acceptors (Lipinski definition) is 3. The molecule has 50 valence electrons. The van der Waals surface area contributed by atoms with Crippen molar-refractivity contribution in [3.8, 4) is 0 Å². The molecule has 0 aliphatic heterocycles. The smallest absolute Gasteiger partial charge is 0.213 e. The molecule has 0 fully saturated rings. The highest BCUT2D eigenvalue weighted by Gasteiger charge is 2.05. The van der Waals surface area contributed by atoms with Gasteiger partial charge in [0.2, 0.25) is 6.39 Å². The summed E-state index contributed by atoms with van der Waals surface area (Å²) < 4.78 is 4.58. The van der Waals surface area contributed by atoms with Crippen molar-refractivity contribution in [3.05, 3.63) is 12.2 Å². The summed E-state index contributed by atoms with van der Waals surface area (Å²) in [5, 5.41) is 3.70. The van der Waals surface area contributed by atoms with E-state index in [2.05, 4.69) is 28.5 Å². The monoisotopic (exact) mass is 126 g/mol. The first kappa shape index (κ1) is 6.26. The SMILES string of the molecule is CC[C@H](C)c1ncon1. The molecule has 1 aromatic heterocycles. The van der Waals surface area contributed by atoms with Crippen molar-refractivity contribution in [3.63, 3.8) is 0 Å². The first-order valence-electron chi connectivity index (χ1n) is 3.11. The average molecular weight is 126 g/mol. The average Bonchev–Trinajstić information content (AvgIpc) is 2.37. The van der Waals surface area contributed by atoms with E-state index in [9.17, 15) is 0 Å². The van der Waals surface area contributed by atoms with Gasteiger partial charge in [-0.3, -0.25) is 0 Å². The van der Waals surface area contributed by atoms with Crippen LogP contribution in [0.15, 0.2) is 10.9 Å². The Morgan fingerprint density at radius 3 is 3.00 bits per heavy atom. The fourth-order valence-electron chi connectivity index (χ4n) is 0.578. The third-order valence-electron chi connectivity index (χ3n) is 1.43. The van der Waals surface area contributed by atoms with E-state index in [1.807, 2.05) is 0 Å². The highest BCUT2D eigenvalue weighted by Crippen LogP contribution is 2.12. The lowest BCUT2D eigenvalue weighted by atomic mass is 10.1. The minimum atomic E-state index is 0.420. The number of rotatable bonds is 2. The highest BCUT2D eigenvalue weighted by molar-refractivity contribution is 4.87. The Labute approximate surface area is 54.1 Å². The second-order valence-corrected chi connectivity index (χ2v) is 2.10. The maximum Gasteiger partial charge on any atom is 0.213 e. The molecule has 0 amide bonds. The van der Waals surface area contributed by atoms with E-state index in [0.29, 0.717) is 5.92 Å². The van der Waals surface area contributed by atoms with Crippen LogP contribution >= 0.6 is 0 Å². The van der Waals surface area contributed by atoms with E-state index in [-0.39, 0.29) is 0 Å². The second kappa shape index (κ2) is 2.62. The number of nitrogens with zero attached hydrogens (tertiary/aromatic N) is 2. The van der Waals surface area contributed by atoms with Gasteiger partial charge in [0.1, 0.15) is 0 Å². The van der Waals surface area contributed by atoms with Crippen LogP contribution in [0.1, 0.15) is 32.0 Å². The van der Waals surface area contributed by atoms with E-state index >= 15 is 0 Å². The largest absolute Gasteiger partial charge is 0.343 e. The first-order valence-corrected chi connectivity index (χ1v) is 3.11. The van der Waals surface area contributed by atoms with Gasteiger partial charge < -0.3 is 4.52 Å². The lowest BCUT2D eigenvalue weighted by Gasteiger charge is -1.97. The van der Waals surface area contributed by atoms with E-state index in [4.69, 9.17) is 0 Å². The zero-order valence-electron chi connectivity index (χ0n) is 5.66. The quantitative estimate of drug-likeness (QED) is 0.604. The van der Waals surface area contributed by atoms with Gasteiger partial charge in [-0.1, -0.05) is 19.0 Å². The molecular weight excluding hydrogens is 116 g/mol. The van der Waals surface area contributed by atoms with Crippen molar-refractivity contribution in [2.75, 3.05) is 0 Å². The summed E-state index contributed by atoms with van der Waals surface area (Å²) in [5.74, 6) is 1.22. The lowest BCUT2D eigenvalue weighted by molar-refractivity contribution is 0.405. The molecule has 0 N–H and O–H groups in total. The van der Waals surface area contributed by atoms with Gasteiger partial charge in [0.25, 0.3) is 0 Å². The van der Waals surface area contributed by atoms with Crippen LogP contribution in [0.4, 0.5) is 0 Å². The van der Waals surface area contributed by atoms with Crippen molar-refractivity contribution >= 4 is 0 Å². The molecule has 0 aliphatic rings. The molecular formula is C6H10N2O. The maximum absolute atomic E-state index is 4.58. The molecule has 0 aromatic carbocycles. The molecule has 1 atom stereocenters. The molecule has 1 rings (SSSR count). The summed E-state index contributed by atoms with van der Waals surface area (Å²) >= 11 is 0. The Morgan fingerprint density at radius 2 is 2.56 bits per heavy atom. The molecule has 1 aromatic rings. The van der Waals surface area contributed by atoms with Crippen molar-refractivity contribution in [2.45, 2.75) is 26.2 Å². The fraction of sp³-hybridized carbons (Fsp3) is 0.667. The standard InChI is InChI=1S/C6H10N2O/c1-3-5(2)6-7-4-9-8-6/h4-5H,3H2,1-2H3/t5-/m0/s1. The Morgan fingerprint density at radius 1 is 1.78 bits per heavy atom. The highest BCUT2D eigenvalue weighted by atomic mass is 16.5. The summed E-state index contributed by atoms with van der Waals surface area (Å²) in [6.45, 7) is 4.17. The van der Waals surface area contributed by atoms with Crippen LogP contribution in [0.2, 0.25) is 0 Å². The van der Waals surface area contributed by atoms with Gasteiger partial charge in [0, 0.05) is 5.92 Å². The second-order valence-electron chi connectivity index (χ2n) is 2.10. The summed E-state index contributed by atoms with van der Waals surface area (Å²) in [4.78, 5) is 3.91. The first-order chi connectivity index (χ1) is 4.34. The van der Waals surface area contributed by atoms with Crippen LogP contribution in [0, 0.1) is 0 Å².